The van der Waals surface area contributed by atoms with Crippen molar-refractivity contribution in [3.05, 3.63) is 205 Å². The zero-order valence-corrected chi connectivity index (χ0v) is 33.7. The average molecular weight is 792 g/mol. The molecular weight excluding hydrogens is 755 g/mol. The van der Waals surface area contributed by atoms with Gasteiger partial charge in [0, 0.05) is 49.6 Å². The summed E-state index contributed by atoms with van der Waals surface area (Å²) in [6, 6.07) is 67.3. The van der Waals surface area contributed by atoms with Gasteiger partial charge in [-0.05, 0) is 100 Å². The van der Waals surface area contributed by atoms with E-state index < -0.39 is 0 Å². The smallest absolute Gasteiger partial charge is 0.164 e. The molecule has 5 nitrogen and oxygen atoms in total. The van der Waals surface area contributed by atoms with E-state index in [1.807, 2.05) is 18.2 Å². The molecule has 290 valence electrons. The summed E-state index contributed by atoms with van der Waals surface area (Å²) in [5, 5.41) is 9.65. The predicted molar refractivity (Wildman–Crippen MR) is 257 cm³/mol. The van der Waals surface area contributed by atoms with Crippen molar-refractivity contribution in [2.75, 3.05) is 0 Å². The second-order valence-corrected chi connectivity index (χ2v) is 16.3. The molecule has 0 amide bonds. The van der Waals surface area contributed by atoms with Crippen LogP contribution in [-0.2, 0) is 6.42 Å². The Bertz CT molecular complexity index is 3800. The molecule has 5 heteroatoms. The van der Waals surface area contributed by atoms with Crippen LogP contribution in [0.25, 0.3) is 117 Å². The molecule has 3 heterocycles. The highest BCUT2D eigenvalue weighted by molar-refractivity contribution is 6.30. The summed E-state index contributed by atoms with van der Waals surface area (Å²) < 4.78 is 4.91. The number of aryl methyl sites for hydroxylation is 1. The Balaban J connectivity index is 1.11. The molecule has 12 aromatic rings. The summed E-state index contributed by atoms with van der Waals surface area (Å²) >= 11 is 0. The van der Waals surface area contributed by atoms with E-state index in [2.05, 4.69) is 191 Å². The first-order valence-corrected chi connectivity index (χ1v) is 21.3. The Morgan fingerprint density at radius 3 is 1.85 bits per heavy atom. The van der Waals surface area contributed by atoms with Crippen LogP contribution in [0, 0.1) is 0 Å². The third-order valence-electron chi connectivity index (χ3n) is 12.8. The summed E-state index contributed by atoms with van der Waals surface area (Å²) in [7, 11) is 0. The fourth-order valence-electron chi connectivity index (χ4n) is 10.0. The van der Waals surface area contributed by atoms with Crippen LogP contribution in [0.3, 0.4) is 0 Å². The highest BCUT2D eigenvalue weighted by atomic mass is 15.0. The summed E-state index contributed by atoms with van der Waals surface area (Å²) in [5.41, 5.74) is 12.6. The minimum Gasteiger partial charge on any atom is -0.309 e. The van der Waals surface area contributed by atoms with E-state index in [9.17, 15) is 0 Å². The van der Waals surface area contributed by atoms with Crippen molar-refractivity contribution in [3.8, 4) is 45.5 Å². The molecule has 0 N–H and O–H groups in total. The van der Waals surface area contributed by atoms with Gasteiger partial charge < -0.3 is 9.13 Å². The molecule has 0 saturated carbocycles. The van der Waals surface area contributed by atoms with E-state index in [4.69, 9.17) is 15.0 Å². The van der Waals surface area contributed by atoms with E-state index in [0.717, 1.165) is 68.1 Å². The maximum absolute atomic E-state index is 5.31. The molecule has 0 fully saturated rings. The molecule has 0 aliphatic heterocycles. The number of aromatic nitrogens is 5. The quantitative estimate of drug-likeness (QED) is 0.174. The molecule has 9 aromatic carbocycles. The average Bonchev–Trinajstić information content (AvgIpc) is 3.87. The van der Waals surface area contributed by atoms with Crippen LogP contribution in [0.15, 0.2) is 194 Å². The van der Waals surface area contributed by atoms with Gasteiger partial charge in [-0.15, -0.1) is 0 Å². The number of allylic oxidation sites excluding steroid dienone is 1. The molecule has 13 rings (SSSR count). The Kier molecular flexibility index (Phi) is 7.66. The number of hydrogen-bond donors (Lipinski definition) is 0. The van der Waals surface area contributed by atoms with E-state index in [1.165, 1.54) is 49.1 Å². The minimum absolute atomic E-state index is 0.633. The molecule has 0 unspecified atom stereocenters. The van der Waals surface area contributed by atoms with Crippen LogP contribution in [0.2, 0.25) is 0 Å². The lowest BCUT2D eigenvalue weighted by Crippen LogP contribution is -2.02. The van der Waals surface area contributed by atoms with Gasteiger partial charge in [-0.25, -0.2) is 15.0 Å². The maximum atomic E-state index is 5.31. The monoisotopic (exact) mass is 791 g/mol. The van der Waals surface area contributed by atoms with Crippen LogP contribution >= 0.6 is 0 Å². The number of rotatable bonds is 5. The lowest BCUT2D eigenvalue weighted by Gasteiger charge is -2.15. The van der Waals surface area contributed by atoms with Gasteiger partial charge in [0.15, 0.2) is 17.5 Å². The van der Waals surface area contributed by atoms with Gasteiger partial charge >= 0.3 is 0 Å². The third-order valence-corrected chi connectivity index (χ3v) is 12.8. The van der Waals surface area contributed by atoms with Gasteiger partial charge in [0.25, 0.3) is 0 Å². The van der Waals surface area contributed by atoms with Crippen molar-refractivity contribution in [3.63, 3.8) is 0 Å². The molecule has 62 heavy (non-hydrogen) atoms. The van der Waals surface area contributed by atoms with Gasteiger partial charge in [0.05, 0.1) is 22.1 Å². The lowest BCUT2D eigenvalue weighted by atomic mass is 9.92. The number of nitrogens with zero attached hydrogens (tertiary/aromatic N) is 5. The van der Waals surface area contributed by atoms with Gasteiger partial charge in [0.1, 0.15) is 0 Å². The largest absolute Gasteiger partial charge is 0.309 e. The molecule has 3 aromatic heterocycles. The van der Waals surface area contributed by atoms with Crippen LogP contribution < -0.4 is 0 Å². The number of fused-ring (bicyclic) bond motifs is 11. The minimum atomic E-state index is 0.633. The summed E-state index contributed by atoms with van der Waals surface area (Å²) in [6.45, 7) is 0. The molecule has 0 radical (unpaired) electrons. The molecule has 1 aliphatic carbocycles. The fourth-order valence-corrected chi connectivity index (χ4v) is 10.0. The predicted octanol–water partition coefficient (Wildman–Crippen LogP) is 14.3. The van der Waals surface area contributed by atoms with Gasteiger partial charge in [-0.3, -0.25) is 0 Å². The second kappa shape index (κ2) is 13.7. The Morgan fingerprint density at radius 2 is 1.02 bits per heavy atom. The van der Waals surface area contributed by atoms with Crippen molar-refractivity contribution < 1.29 is 0 Å². The SMILES string of the molecule is C1=Cc2ccc3c(c2CC1)c1c2c4ccccc4n(-c4cc(-c5nc(-c6ccccc6)nc(-c6ccc7ccccc7c6)n5)c5ccccc5c4)c2ccc1n3-c1ccccc1. The first-order chi connectivity index (χ1) is 30.7. The lowest BCUT2D eigenvalue weighted by molar-refractivity contribution is 0.997. The van der Waals surface area contributed by atoms with Crippen molar-refractivity contribution in [1.29, 1.82) is 0 Å². The van der Waals surface area contributed by atoms with Crippen molar-refractivity contribution in [1.82, 2.24) is 24.1 Å². The van der Waals surface area contributed by atoms with Crippen LogP contribution in [0.4, 0.5) is 0 Å². The third kappa shape index (κ3) is 5.31. The van der Waals surface area contributed by atoms with E-state index in [-0.39, 0.29) is 0 Å². The fraction of sp³-hybridized carbons (Fsp3) is 0.0351. The molecule has 0 saturated heterocycles. The van der Waals surface area contributed by atoms with Crippen molar-refractivity contribution in [2.45, 2.75) is 12.8 Å². The highest BCUT2D eigenvalue weighted by Crippen LogP contribution is 2.45. The second-order valence-electron chi connectivity index (χ2n) is 16.3. The zero-order chi connectivity index (χ0) is 40.7. The first kappa shape index (κ1) is 34.7. The van der Waals surface area contributed by atoms with Gasteiger partial charge in [0.2, 0.25) is 0 Å². The van der Waals surface area contributed by atoms with E-state index in [0.29, 0.717) is 17.5 Å². The standard InChI is InChI=1S/C57H37N5/c1-3-17-38(18-4-1)55-58-56(41-28-27-36-15-7-8-19-39(36)33-41)60-57(59-55)47-35-43(34-40-20-10-11-23-44(40)47)62-48-26-14-13-25-46(48)53-50(62)31-32-51-54(53)52-45-24-12-9-16-37(45)29-30-49(52)61(51)42-21-5-2-6-22-42/h1-11,13-23,25-35H,12,24H2. The van der Waals surface area contributed by atoms with Gasteiger partial charge in [-0.1, -0.05) is 146 Å². The van der Waals surface area contributed by atoms with E-state index in [1.54, 1.807) is 0 Å². The summed E-state index contributed by atoms with van der Waals surface area (Å²) in [5.74, 6) is 1.91. The number of benzene rings is 9. The van der Waals surface area contributed by atoms with Crippen LogP contribution in [0.5, 0.6) is 0 Å². The van der Waals surface area contributed by atoms with Crippen molar-refractivity contribution in [2.24, 2.45) is 0 Å². The molecular formula is C57H37N5. The Labute approximate surface area is 357 Å². The number of hydrogen-bond acceptors (Lipinski definition) is 3. The molecule has 0 atom stereocenters. The first-order valence-electron chi connectivity index (χ1n) is 21.3. The summed E-state index contributed by atoms with van der Waals surface area (Å²) in [6.07, 6.45) is 6.66. The molecule has 1 aliphatic rings. The normalized spacial score (nSPS) is 12.6. The van der Waals surface area contributed by atoms with Crippen molar-refractivity contribution >= 4 is 71.2 Å². The summed E-state index contributed by atoms with van der Waals surface area (Å²) in [4.78, 5) is 15.7. The topological polar surface area (TPSA) is 48.5 Å². The van der Waals surface area contributed by atoms with Gasteiger partial charge in [-0.2, -0.15) is 0 Å². The van der Waals surface area contributed by atoms with E-state index >= 15 is 0 Å². The maximum Gasteiger partial charge on any atom is 0.164 e. The molecule has 0 bridgehead atoms. The van der Waals surface area contributed by atoms with Crippen LogP contribution in [0.1, 0.15) is 17.5 Å². The Hall–Kier alpha value is -8.15. The molecule has 0 spiro atoms. The van der Waals surface area contributed by atoms with Crippen LogP contribution in [-0.4, -0.2) is 24.1 Å². The zero-order valence-electron chi connectivity index (χ0n) is 33.7. The Morgan fingerprint density at radius 1 is 0.387 bits per heavy atom. The highest BCUT2D eigenvalue weighted by Gasteiger charge is 2.24. The number of para-hydroxylation sites is 2.